The summed E-state index contributed by atoms with van der Waals surface area (Å²) in [5, 5.41) is 8.08. The lowest BCUT2D eigenvalue weighted by Gasteiger charge is -2.25. The van der Waals surface area contributed by atoms with Gasteiger partial charge < -0.3 is 5.11 Å². The van der Waals surface area contributed by atoms with Gasteiger partial charge in [0.15, 0.2) is 0 Å². The van der Waals surface area contributed by atoms with E-state index in [-0.39, 0.29) is 0 Å². The van der Waals surface area contributed by atoms with Crippen LogP contribution in [0, 0.1) is 0 Å². The normalized spacial score (nSPS) is 13.0. The number of halogens is 6. The van der Waals surface area contributed by atoms with E-state index in [1.165, 1.54) is 0 Å². The minimum absolute atomic E-state index is 1.26. The third kappa shape index (κ3) is 2.87. The Morgan fingerprint density at radius 1 is 1.27 bits per heavy atom. The van der Waals surface area contributed by atoms with Gasteiger partial charge in [-0.2, -0.15) is 17.6 Å². The van der Waals surface area contributed by atoms with E-state index in [4.69, 9.17) is 5.11 Å². The molecule has 0 spiro atoms. The molecule has 0 aliphatic rings. The first-order valence-electron chi connectivity index (χ1n) is 3.47. The molecule has 0 aromatic carbocycles. The van der Waals surface area contributed by atoms with Gasteiger partial charge in [-0.25, -0.2) is 13.6 Å². The molecular weight excluding hydrogens is 230 g/mol. The van der Waals surface area contributed by atoms with Crippen molar-refractivity contribution in [2.45, 2.75) is 24.7 Å². The minimum Gasteiger partial charge on any atom is -0.478 e. The number of carboxylic acid groups (broad SMARTS) is 1. The van der Waals surface area contributed by atoms with E-state index in [9.17, 15) is 31.1 Å². The van der Waals surface area contributed by atoms with Gasteiger partial charge in [-0.15, -0.1) is 0 Å². The Kier molecular flexibility index (Phi) is 3.78. The van der Waals surface area contributed by atoms with Crippen molar-refractivity contribution in [3.63, 3.8) is 0 Å². The average Bonchev–Trinajstić information content (AvgIpc) is 2.02. The Labute approximate surface area is 80.2 Å². The van der Waals surface area contributed by atoms with Crippen LogP contribution in [0.25, 0.3) is 0 Å². The Hall–Kier alpha value is -1.21. The number of hydrogen-bond acceptors (Lipinski definition) is 1. The highest BCUT2D eigenvalue weighted by atomic mass is 19.3. The summed E-state index contributed by atoms with van der Waals surface area (Å²) in [5.41, 5.74) is -1.26. The zero-order chi connectivity index (χ0) is 12.4. The average molecular weight is 236 g/mol. The van der Waals surface area contributed by atoms with E-state index in [0.717, 1.165) is 0 Å². The summed E-state index contributed by atoms with van der Waals surface area (Å²) in [4.78, 5) is 10.0. The molecule has 0 bridgehead atoms. The topological polar surface area (TPSA) is 37.3 Å². The summed E-state index contributed by atoms with van der Waals surface area (Å²) in [6.45, 7) is 2.55. The Morgan fingerprint density at radius 2 is 1.67 bits per heavy atom. The number of alkyl halides is 6. The fourth-order valence-electron chi connectivity index (χ4n) is 0.621. The lowest BCUT2D eigenvalue weighted by Crippen LogP contribution is -2.46. The van der Waals surface area contributed by atoms with Gasteiger partial charge in [-0.3, -0.25) is 0 Å². The van der Waals surface area contributed by atoms with Crippen molar-refractivity contribution in [1.82, 2.24) is 0 Å². The molecule has 88 valence electrons. The van der Waals surface area contributed by atoms with Crippen molar-refractivity contribution in [3.8, 4) is 0 Å². The van der Waals surface area contributed by atoms with Gasteiger partial charge in [0.2, 0.25) is 0 Å². The largest absolute Gasteiger partial charge is 0.478 e. The maximum absolute atomic E-state index is 12.5. The highest BCUT2D eigenvalue weighted by Gasteiger charge is 2.62. The second-order valence-corrected chi connectivity index (χ2v) is 2.71. The maximum atomic E-state index is 12.5. The minimum atomic E-state index is -5.58. The molecule has 0 aromatic heterocycles. The van der Waals surface area contributed by atoms with Crippen LogP contribution in [0.2, 0.25) is 0 Å². The monoisotopic (exact) mass is 236 g/mol. The number of rotatable bonds is 5. The van der Waals surface area contributed by atoms with E-state index < -0.39 is 36.2 Å². The van der Waals surface area contributed by atoms with Gasteiger partial charge in [0.05, 0.1) is 0 Å². The molecule has 2 nitrogen and oxygen atoms in total. The highest BCUT2D eigenvalue weighted by Crippen LogP contribution is 2.42. The molecule has 0 atom stereocenters. The predicted molar refractivity (Wildman–Crippen MR) is 37.3 cm³/mol. The lowest BCUT2D eigenvalue weighted by atomic mass is 10.0. The Balaban J connectivity index is 4.83. The number of aliphatic carboxylic acids is 1. The van der Waals surface area contributed by atoms with Gasteiger partial charge in [0, 0.05) is 12.0 Å². The van der Waals surface area contributed by atoms with Crippen molar-refractivity contribution in [1.29, 1.82) is 0 Å². The molecule has 0 aliphatic carbocycles. The van der Waals surface area contributed by atoms with Gasteiger partial charge in [-0.05, 0) is 0 Å². The molecule has 0 aliphatic heterocycles. The summed E-state index contributed by atoms with van der Waals surface area (Å²) >= 11 is 0. The summed E-state index contributed by atoms with van der Waals surface area (Å²) in [6.07, 6.45) is -6.60. The van der Waals surface area contributed by atoms with Crippen LogP contribution in [-0.4, -0.2) is 29.3 Å². The zero-order valence-corrected chi connectivity index (χ0v) is 7.11. The molecule has 0 rings (SSSR count). The quantitative estimate of drug-likeness (QED) is 0.588. The maximum Gasteiger partial charge on any atom is 0.369 e. The summed E-state index contributed by atoms with van der Waals surface area (Å²) < 4.78 is 72.6. The van der Waals surface area contributed by atoms with Crippen LogP contribution in [-0.2, 0) is 4.79 Å². The smallest absolute Gasteiger partial charge is 0.369 e. The lowest BCUT2D eigenvalue weighted by molar-refractivity contribution is -0.262. The van der Waals surface area contributed by atoms with Crippen LogP contribution in [0.4, 0.5) is 26.3 Å². The Morgan fingerprint density at radius 3 is 1.93 bits per heavy atom. The molecule has 0 fully saturated rings. The standard InChI is InChI=1S/C7H6F6O2/c1-3(4(14)15)2-6(10,11)7(12,13)5(8)9/h5H,1-2H2,(H,14,15). The van der Waals surface area contributed by atoms with E-state index in [0.29, 0.717) is 0 Å². The molecule has 0 saturated heterocycles. The summed E-state index contributed by atoms with van der Waals surface area (Å²) in [5.74, 6) is -12.7. The first kappa shape index (κ1) is 13.8. The van der Waals surface area contributed by atoms with Crippen LogP contribution >= 0.6 is 0 Å². The Bertz CT molecular complexity index is 273. The van der Waals surface area contributed by atoms with Crippen molar-refractivity contribution in [2.75, 3.05) is 0 Å². The fourth-order valence-corrected chi connectivity index (χ4v) is 0.621. The summed E-state index contributed by atoms with van der Waals surface area (Å²) in [7, 11) is 0. The van der Waals surface area contributed by atoms with Crippen LogP contribution in [0.5, 0.6) is 0 Å². The van der Waals surface area contributed by atoms with Gasteiger partial charge in [-0.1, -0.05) is 6.58 Å². The number of carbonyl (C=O) groups is 1. The second kappa shape index (κ2) is 4.11. The van der Waals surface area contributed by atoms with Crippen molar-refractivity contribution in [2.24, 2.45) is 0 Å². The second-order valence-electron chi connectivity index (χ2n) is 2.71. The highest BCUT2D eigenvalue weighted by molar-refractivity contribution is 5.85. The third-order valence-corrected chi connectivity index (χ3v) is 1.50. The predicted octanol–water partition coefficient (Wildman–Crippen LogP) is 2.55. The fraction of sp³-hybridized carbons (Fsp3) is 0.571. The molecule has 0 unspecified atom stereocenters. The SMILES string of the molecule is C=C(CC(F)(F)C(F)(F)C(F)F)C(=O)O. The molecule has 15 heavy (non-hydrogen) atoms. The zero-order valence-electron chi connectivity index (χ0n) is 7.11. The molecular formula is C7H6F6O2. The third-order valence-electron chi connectivity index (χ3n) is 1.50. The van der Waals surface area contributed by atoms with Crippen LogP contribution in [0.15, 0.2) is 12.2 Å². The van der Waals surface area contributed by atoms with Crippen LogP contribution in [0.1, 0.15) is 6.42 Å². The van der Waals surface area contributed by atoms with E-state index in [1.807, 2.05) is 0 Å². The van der Waals surface area contributed by atoms with Crippen molar-refractivity contribution < 1.29 is 36.2 Å². The van der Waals surface area contributed by atoms with Crippen molar-refractivity contribution >= 4 is 5.97 Å². The van der Waals surface area contributed by atoms with Gasteiger partial charge >= 0.3 is 24.2 Å². The first-order valence-corrected chi connectivity index (χ1v) is 3.47. The van der Waals surface area contributed by atoms with Crippen molar-refractivity contribution in [3.05, 3.63) is 12.2 Å². The molecule has 0 radical (unpaired) electrons. The molecule has 0 amide bonds. The van der Waals surface area contributed by atoms with Gasteiger partial charge in [0.25, 0.3) is 0 Å². The number of hydrogen-bond donors (Lipinski definition) is 1. The van der Waals surface area contributed by atoms with Crippen LogP contribution in [0.3, 0.4) is 0 Å². The van der Waals surface area contributed by atoms with Gasteiger partial charge in [0.1, 0.15) is 0 Å². The van der Waals surface area contributed by atoms with E-state index >= 15 is 0 Å². The number of carboxylic acids is 1. The van der Waals surface area contributed by atoms with Crippen LogP contribution < -0.4 is 0 Å². The molecule has 1 N–H and O–H groups in total. The van der Waals surface area contributed by atoms with E-state index in [2.05, 4.69) is 6.58 Å². The molecule has 8 heteroatoms. The van der Waals surface area contributed by atoms with E-state index in [1.54, 1.807) is 0 Å². The molecule has 0 aromatic rings. The first-order chi connectivity index (χ1) is 6.52. The summed E-state index contributed by atoms with van der Waals surface area (Å²) in [6, 6.07) is 0. The molecule has 0 heterocycles. The molecule has 0 saturated carbocycles.